The third kappa shape index (κ3) is 46.3. The lowest BCUT2D eigenvalue weighted by atomic mass is 10.0. The van der Waals surface area contributed by atoms with Gasteiger partial charge in [0.2, 0.25) is 5.91 Å². The Morgan fingerprint density at radius 3 is 1.21 bits per heavy atom. The van der Waals surface area contributed by atoms with Crippen LogP contribution >= 0.6 is 0 Å². The van der Waals surface area contributed by atoms with Crippen molar-refractivity contribution in [1.82, 2.24) is 5.32 Å². The maximum absolute atomic E-state index is 12.8. The zero-order valence-corrected chi connectivity index (χ0v) is 38.4. The first kappa shape index (κ1) is 55.6. The number of carboxylic acid groups (broad SMARTS) is 1. The largest absolute Gasteiger partial charge is 0.480 e. The van der Waals surface area contributed by atoms with Crippen molar-refractivity contribution in [2.45, 2.75) is 270 Å². The molecule has 1 atom stereocenters. The molecule has 6 heteroatoms. The quantitative estimate of drug-likeness (QED) is 0.0363. The Morgan fingerprint density at radius 2 is 0.793 bits per heavy atom. The van der Waals surface area contributed by atoms with E-state index in [4.69, 9.17) is 9.84 Å². The molecule has 0 radical (unpaired) electrons. The molecule has 338 valence electrons. The molecule has 0 aliphatic heterocycles. The van der Waals surface area contributed by atoms with Crippen molar-refractivity contribution < 1.29 is 24.2 Å². The smallest absolute Gasteiger partial charge is 0.322 e. The van der Waals surface area contributed by atoms with Gasteiger partial charge >= 0.3 is 11.9 Å². The lowest BCUT2D eigenvalue weighted by Gasteiger charge is -2.18. The van der Waals surface area contributed by atoms with E-state index in [1.165, 1.54) is 161 Å². The molecule has 2 N–H and O–H groups in total. The molecule has 0 fully saturated rings. The van der Waals surface area contributed by atoms with Gasteiger partial charge in [-0.2, -0.15) is 0 Å². The zero-order valence-electron chi connectivity index (χ0n) is 38.4. The van der Waals surface area contributed by atoms with Crippen LogP contribution in [0, 0.1) is 0 Å². The van der Waals surface area contributed by atoms with Crippen LogP contribution in [0.2, 0.25) is 0 Å². The van der Waals surface area contributed by atoms with E-state index >= 15 is 0 Å². The van der Waals surface area contributed by atoms with Crippen LogP contribution in [0.1, 0.15) is 264 Å². The summed E-state index contributed by atoms with van der Waals surface area (Å²) in [4.78, 5) is 35.2. The predicted octanol–water partition coefficient (Wildman–Crippen LogP) is 16.0. The van der Waals surface area contributed by atoms with Gasteiger partial charge in [0.1, 0.15) is 12.6 Å². The molecule has 58 heavy (non-hydrogen) atoms. The van der Waals surface area contributed by atoms with Gasteiger partial charge in [0.05, 0.1) is 0 Å². The predicted molar refractivity (Wildman–Crippen MR) is 249 cm³/mol. The molecular weight excluding hydrogens is 719 g/mol. The summed E-state index contributed by atoms with van der Waals surface area (Å²) in [6.07, 6.45) is 60.0. The van der Waals surface area contributed by atoms with Gasteiger partial charge < -0.3 is 15.2 Å². The summed E-state index contributed by atoms with van der Waals surface area (Å²) in [5.41, 5.74) is 0. The maximum atomic E-state index is 12.8. The Kier molecular flexibility index (Phi) is 45.4. The fourth-order valence-electron chi connectivity index (χ4n) is 7.58. The molecule has 1 unspecified atom stereocenters. The number of aliphatic carboxylic acids is 1. The van der Waals surface area contributed by atoms with Crippen molar-refractivity contribution in [3.63, 3.8) is 0 Å². The van der Waals surface area contributed by atoms with E-state index in [1.54, 1.807) is 0 Å². The number of esters is 1. The number of amides is 1. The Morgan fingerprint density at radius 1 is 0.448 bits per heavy atom. The highest BCUT2D eigenvalue weighted by Crippen LogP contribution is 2.19. The Hall–Kier alpha value is -2.37. The van der Waals surface area contributed by atoms with Crippen LogP contribution in [0.25, 0.3) is 0 Å². The van der Waals surface area contributed by atoms with Crippen LogP contribution in [0.15, 0.2) is 36.5 Å². The highest BCUT2D eigenvalue weighted by atomic mass is 16.5. The van der Waals surface area contributed by atoms with E-state index in [2.05, 4.69) is 55.6 Å². The number of hydrogen-bond acceptors (Lipinski definition) is 4. The van der Waals surface area contributed by atoms with Gasteiger partial charge in [-0.1, -0.05) is 211 Å². The zero-order chi connectivity index (χ0) is 42.3. The van der Waals surface area contributed by atoms with E-state index in [1.807, 2.05) is 0 Å². The van der Waals surface area contributed by atoms with Crippen molar-refractivity contribution in [3.05, 3.63) is 36.5 Å². The first-order valence-corrected chi connectivity index (χ1v) is 25.1. The number of allylic oxidation sites excluding steroid dienone is 6. The SMILES string of the molecule is CCCCCCC/C=C\C/C=C\C/C=C\CCCCCCCCCCC(=O)OC(CCCCCCCCCCCCCCC)CCCCCCCC(=O)NCC(=O)O. The highest BCUT2D eigenvalue weighted by molar-refractivity contribution is 5.80. The second-order valence-corrected chi connectivity index (χ2v) is 17.1. The number of hydrogen-bond donors (Lipinski definition) is 2. The molecule has 0 heterocycles. The topological polar surface area (TPSA) is 92.7 Å². The first-order valence-electron chi connectivity index (χ1n) is 25.1. The van der Waals surface area contributed by atoms with Gasteiger partial charge in [0.25, 0.3) is 0 Å². The summed E-state index contributed by atoms with van der Waals surface area (Å²) < 4.78 is 6.06. The molecule has 0 aliphatic rings. The maximum Gasteiger partial charge on any atom is 0.322 e. The number of carbonyl (C=O) groups is 3. The minimum Gasteiger partial charge on any atom is -0.480 e. The van der Waals surface area contributed by atoms with Crippen LogP contribution in [-0.2, 0) is 19.1 Å². The van der Waals surface area contributed by atoms with Crippen LogP contribution in [-0.4, -0.2) is 35.6 Å². The minimum absolute atomic E-state index is 0.0176. The third-order valence-corrected chi connectivity index (χ3v) is 11.3. The fourth-order valence-corrected chi connectivity index (χ4v) is 7.58. The molecule has 0 spiro atoms. The molecule has 0 aromatic rings. The molecule has 6 nitrogen and oxygen atoms in total. The van der Waals surface area contributed by atoms with Crippen molar-refractivity contribution >= 4 is 17.8 Å². The van der Waals surface area contributed by atoms with Crippen molar-refractivity contribution in [3.8, 4) is 0 Å². The molecule has 0 bridgehead atoms. The summed E-state index contributed by atoms with van der Waals surface area (Å²) in [6.45, 7) is 4.24. The summed E-state index contributed by atoms with van der Waals surface area (Å²) in [5, 5.41) is 11.1. The molecule has 0 aromatic carbocycles. The minimum atomic E-state index is -1.01. The van der Waals surface area contributed by atoms with Crippen LogP contribution < -0.4 is 5.32 Å². The van der Waals surface area contributed by atoms with E-state index in [0.29, 0.717) is 12.8 Å². The summed E-state index contributed by atoms with van der Waals surface area (Å²) >= 11 is 0. The third-order valence-electron chi connectivity index (χ3n) is 11.3. The summed E-state index contributed by atoms with van der Waals surface area (Å²) in [6, 6.07) is 0. The van der Waals surface area contributed by atoms with Crippen LogP contribution in [0.4, 0.5) is 0 Å². The number of rotatable bonds is 46. The Bertz CT molecular complexity index is 988. The number of carbonyl (C=O) groups excluding carboxylic acids is 2. The second-order valence-electron chi connectivity index (χ2n) is 17.1. The summed E-state index contributed by atoms with van der Waals surface area (Å²) in [5.74, 6) is -1.22. The van der Waals surface area contributed by atoms with Crippen LogP contribution in [0.3, 0.4) is 0 Å². The molecular formula is C52H95NO5. The van der Waals surface area contributed by atoms with E-state index in [9.17, 15) is 14.4 Å². The van der Waals surface area contributed by atoms with Gasteiger partial charge in [-0.05, 0) is 77.0 Å². The van der Waals surface area contributed by atoms with Gasteiger partial charge in [0, 0.05) is 12.8 Å². The normalized spacial score (nSPS) is 12.3. The van der Waals surface area contributed by atoms with Gasteiger partial charge in [-0.15, -0.1) is 0 Å². The average molecular weight is 814 g/mol. The van der Waals surface area contributed by atoms with Crippen molar-refractivity contribution in [2.75, 3.05) is 6.54 Å². The van der Waals surface area contributed by atoms with Gasteiger partial charge in [-0.3, -0.25) is 14.4 Å². The fraction of sp³-hybridized carbons (Fsp3) is 0.827. The molecule has 0 aromatic heterocycles. The molecule has 0 saturated carbocycles. The highest BCUT2D eigenvalue weighted by Gasteiger charge is 2.14. The summed E-state index contributed by atoms with van der Waals surface area (Å²) in [7, 11) is 0. The number of unbranched alkanes of at least 4 members (excludes halogenated alkanes) is 29. The number of ether oxygens (including phenoxy) is 1. The molecule has 0 aliphatic carbocycles. The lowest BCUT2D eigenvalue weighted by Crippen LogP contribution is -2.28. The van der Waals surface area contributed by atoms with E-state index in [-0.39, 0.29) is 24.5 Å². The average Bonchev–Trinajstić information content (AvgIpc) is 3.21. The molecule has 0 saturated heterocycles. The Labute approximate surface area is 359 Å². The molecule has 1 amide bonds. The molecule has 0 rings (SSSR count). The standard InChI is InChI=1S/C52H95NO5/c1-3-5-7-9-11-13-15-17-18-19-20-21-22-23-24-25-26-28-30-32-34-39-43-47-52(57)58-49(45-41-37-35-38-42-46-50(54)53-48-51(55)56)44-40-36-33-31-29-27-16-14-12-10-8-6-4-2/h15,17,19-20,22-23,49H,3-14,16,18,21,24-48H2,1-2H3,(H,53,54)(H,55,56)/b17-15-,20-19-,23-22-. The second kappa shape index (κ2) is 47.3. The van der Waals surface area contributed by atoms with Gasteiger partial charge in [-0.25, -0.2) is 0 Å². The van der Waals surface area contributed by atoms with Crippen LogP contribution in [0.5, 0.6) is 0 Å². The lowest BCUT2D eigenvalue weighted by molar-refractivity contribution is -0.150. The monoisotopic (exact) mass is 814 g/mol. The Balaban J connectivity index is 4.08. The van der Waals surface area contributed by atoms with Gasteiger partial charge in [0.15, 0.2) is 0 Å². The van der Waals surface area contributed by atoms with Crippen molar-refractivity contribution in [1.29, 1.82) is 0 Å². The van der Waals surface area contributed by atoms with E-state index < -0.39 is 5.97 Å². The number of nitrogens with one attached hydrogen (secondary N) is 1. The van der Waals surface area contributed by atoms with E-state index in [0.717, 1.165) is 77.0 Å². The first-order chi connectivity index (χ1) is 28.5. The van der Waals surface area contributed by atoms with Crippen molar-refractivity contribution in [2.24, 2.45) is 0 Å². The number of carboxylic acids is 1.